The van der Waals surface area contributed by atoms with Gasteiger partial charge < -0.3 is 10.2 Å². The third-order valence-corrected chi connectivity index (χ3v) is 8.51. The van der Waals surface area contributed by atoms with Crippen molar-refractivity contribution in [3.8, 4) is 0 Å². The zero-order chi connectivity index (χ0) is 14.8. The van der Waals surface area contributed by atoms with Gasteiger partial charge in [-0.05, 0) is 73.0 Å². The molecule has 0 bridgehead atoms. The molecule has 0 amide bonds. The number of hydrogen-bond acceptors (Lipinski definition) is 2. The van der Waals surface area contributed by atoms with Gasteiger partial charge in [-0.25, -0.2) is 0 Å². The summed E-state index contributed by atoms with van der Waals surface area (Å²) >= 11 is 0. The highest BCUT2D eigenvalue weighted by atomic mass is 16.3. The molecule has 0 spiro atoms. The zero-order valence-electron chi connectivity index (χ0n) is 13.7. The van der Waals surface area contributed by atoms with Crippen LogP contribution >= 0.6 is 0 Å². The first kappa shape index (κ1) is 14.5. The van der Waals surface area contributed by atoms with Gasteiger partial charge >= 0.3 is 0 Å². The summed E-state index contributed by atoms with van der Waals surface area (Å²) < 4.78 is 0. The maximum Gasteiger partial charge on any atom is 0.0599 e. The minimum Gasteiger partial charge on any atom is -0.393 e. The monoisotopic (exact) mass is 292 g/mol. The molecule has 0 radical (unpaired) electrons. The topological polar surface area (TPSA) is 40.5 Å². The van der Waals surface area contributed by atoms with Crippen molar-refractivity contribution in [2.24, 2.45) is 34.5 Å². The van der Waals surface area contributed by atoms with Gasteiger partial charge in [0, 0.05) is 0 Å². The number of rotatable bonds is 0. The summed E-state index contributed by atoms with van der Waals surface area (Å²) in [6.07, 6.45) is 10.7. The number of hydrogen-bond donors (Lipinski definition) is 2. The van der Waals surface area contributed by atoms with Crippen LogP contribution in [-0.4, -0.2) is 22.4 Å². The third-order valence-electron chi connectivity index (χ3n) is 8.51. The molecule has 120 valence electrons. The van der Waals surface area contributed by atoms with Crippen molar-refractivity contribution in [3.05, 3.63) is 0 Å². The lowest BCUT2D eigenvalue weighted by Crippen LogP contribution is -2.60. The highest BCUT2D eigenvalue weighted by Gasteiger charge is 2.62. The van der Waals surface area contributed by atoms with E-state index in [1.54, 1.807) is 0 Å². The average Bonchev–Trinajstić information content (AvgIpc) is 2.84. The lowest BCUT2D eigenvalue weighted by Gasteiger charge is -2.62. The summed E-state index contributed by atoms with van der Waals surface area (Å²) in [5.41, 5.74) is 0.465. The molecule has 4 saturated carbocycles. The summed E-state index contributed by atoms with van der Waals surface area (Å²) in [7, 11) is 0. The Kier molecular flexibility index (Phi) is 3.25. The fourth-order valence-corrected chi connectivity index (χ4v) is 7.21. The van der Waals surface area contributed by atoms with E-state index in [9.17, 15) is 10.2 Å². The van der Waals surface area contributed by atoms with E-state index in [2.05, 4.69) is 13.8 Å². The van der Waals surface area contributed by atoms with Crippen LogP contribution in [0.3, 0.4) is 0 Å². The average molecular weight is 292 g/mol. The van der Waals surface area contributed by atoms with Gasteiger partial charge in [0.2, 0.25) is 0 Å². The Labute approximate surface area is 129 Å². The predicted molar refractivity (Wildman–Crippen MR) is 83.7 cm³/mol. The number of aliphatic hydroxyl groups is 2. The maximum atomic E-state index is 10.9. The highest BCUT2D eigenvalue weighted by molar-refractivity contribution is 5.11. The van der Waals surface area contributed by atoms with Crippen molar-refractivity contribution >= 4 is 0 Å². The van der Waals surface area contributed by atoms with Crippen molar-refractivity contribution in [2.45, 2.75) is 83.8 Å². The van der Waals surface area contributed by atoms with Crippen LogP contribution in [0.2, 0.25) is 0 Å². The first-order valence-corrected chi connectivity index (χ1v) is 9.33. The fraction of sp³-hybridized carbons (Fsp3) is 1.00. The highest BCUT2D eigenvalue weighted by Crippen LogP contribution is 2.66. The van der Waals surface area contributed by atoms with E-state index in [4.69, 9.17) is 0 Å². The van der Waals surface area contributed by atoms with Crippen LogP contribution in [0.1, 0.15) is 71.6 Å². The maximum absolute atomic E-state index is 10.9. The van der Waals surface area contributed by atoms with E-state index in [0.717, 1.165) is 19.3 Å². The van der Waals surface area contributed by atoms with E-state index < -0.39 is 0 Å². The van der Waals surface area contributed by atoms with E-state index in [-0.39, 0.29) is 17.6 Å². The van der Waals surface area contributed by atoms with Crippen molar-refractivity contribution in [3.63, 3.8) is 0 Å². The molecule has 0 heterocycles. The van der Waals surface area contributed by atoms with Gasteiger partial charge in [0.25, 0.3) is 0 Å². The molecule has 0 aromatic rings. The Balaban J connectivity index is 1.72. The van der Waals surface area contributed by atoms with Crippen LogP contribution in [0.5, 0.6) is 0 Å². The summed E-state index contributed by atoms with van der Waals surface area (Å²) in [5, 5.41) is 21.8. The molecule has 4 aliphatic rings. The minimum absolute atomic E-state index is 0.0833. The van der Waals surface area contributed by atoms with Crippen molar-refractivity contribution < 1.29 is 10.2 Å². The van der Waals surface area contributed by atoms with Crippen LogP contribution in [-0.2, 0) is 0 Å². The van der Waals surface area contributed by atoms with Crippen LogP contribution in [0, 0.1) is 34.5 Å². The zero-order valence-corrected chi connectivity index (χ0v) is 13.7. The SMILES string of the molecule is C[C@]12CCCC[C@@H]1C[C@@H](O)[C@H]1[C@H]3CCC[C@]3(C)[C@H](O)C[C@@H]12. The summed E-state index contributed by atoms with van der Waals surface area (Å²) in [4.78, 5) is 0. The first-order chi connectivity index (χ1) is 9.97. The lowest BCUT2D eigenvalue weighted by molar-refractivity contribution is -0.190. The Bertz CT molecular complexity index is 422. The van der Waals surface area contributed by atoms with Gasteiger partial charge in [-0.2, -0.15) is 0 Å². The van der Waals surface area contributed by atoms with Crippen molar-refractivity contribution in [1.82, 2.24) is 0 Å². The molecule has 0 aromatic carbocycles. The summed E-state index contributed by atoms with van der Waals surface area (Å²) in [5.74, 6) is 2.26. The van der Waals surface area contributed by atoms with Crippen molar-refractivity contribution in [2.75, 3.05) is 0 Å². The predicted octanol–water partition coefficient (Wildman–Crippen LogP) is 3.75. The smallest absolute Gasteiger partial charge is 0.0599 e. The van der Waals surface area contributed by atoms with Crippen LogP contribution in [0.25, 0.3) is 0 Å². The quantitative estimate of drug-likeness (QED) is 0.714. The second-order valence-corrected chi connectivity index (χ2v) is 9.19. The Morgan fingerprint density at radius 3 is 2.38 bits per heavy atom. The molecule has 8 atom stereocenters. The van der Waals surface area contributed by atoms with Crippen LogP contribution in [0.15, 0.2) is 0 Å². The molecule has 4 aliphatic carbocycles. The Hall–Kier alpha value is -0.0800. The number of fused-ring (bicyclic) bond motifs is 5. The van der Waals surface area contributed by atoms with E-state index in [1.165, 1.54) is 38.5 Å². The summed E-state index contributed by atoms with van der Waals surface area (Å²) in [6, 6.07) is 0. The molecule has 4 fully saturated rings. The number of aliphatic hydroxyl groups excluding tert-OH is 2. The van der Waals surface area contributed by atoms with E-state index in [0.29, 0.717) is 29.1 Å². The van der Waals surface area contributed by atoms with Gasteiger partial charge in [0.05, 0.1) is 12.2 Å². The van der Waals surface area contributed by atoms with Crippen LogP contribution in [0.4, 0.5) is 0 Å². The molecule has 2 N–H and O–H groups in total. The van der Waals surface area contributed by atoms with Gasteiger partial charge in [0.1, 0.15) is 0 Å². The lowest BCUT2D eigenvalue weighted by atomic mass is 9.44. The first-order valence-electron chi connectivity index (χ1n) is 9.33. The standard InChI is InChI=1S/C19H32O2/c1-18-8-4-3-6-12(18)10-15(20)17-13-7-5-9-19(13,2)16(21)11-14(17)18/h12-17,20-21H,3-11H2,1-2H3/t12-,13-,14+,15-,16-,17+,18+,19+/m1/s1. The molecule has 4 rings (SSSR count). The molecule has 0 aliphatic heterocycles. The van der Waals surface area contributed by atoms with Crippen LogP contribution < -0.4 is 0 Å². The van der Waals surface area contributed by atoms with E-state index >= 15 is 0 Å². The Morgan fingerprint density at radius 1 is 0.810 bits per heavy atom. The van der Waals surface area contributed by atoms with Gasteiger partial charge in [-0.1, -0.05) is 33.1 Å². The minimum atomic E-state index is -0.143. The van der Waals surface area contributed by atoms with Gasteiger partial charge in [0.15, 0.2) is 0 Å². The normalized spacial score (nSPS) is 60.0. The van der Waals surface area contributed by atoms with Crippen molar-refractivity contribution in [1.29, 1.82) is 0 Å². The molecule has 2 heteroatoms. The van der Waals surface area contributed by atoms with E-state index in [1.807, 2.05) is 0 Å². The van der Waals surface area contributed by atoms with Gasteiger partial charge in [-0.3, -0.25) is 0 Å². The second kappa shape index (κ2) is 4.71. The molecule has 0 unspecified atom stereocenters. The third kappa shape index (κ3) is 1.84. The molecule has 2 nitrogen and oxygen atoms in total. The molecule has 21 heavy (non-hydrogen) atoms. The summed E-state index contributed by atoms with van der Waals surface area (Å²) in [6.45, 7) is 4.79. The molecular formula is C19H32O2. The Morgan fingerprint density at radius 2 is 1.57 bits per heavy atom. The molecular weight excluding hydrogens is 260 g/mol. The largest absolute Gasteiger partial charge is 0.393 e. The van der Waals surface area contributed by atoms with Gasteiger partial charge in [-0.15, -0.1) is 0 Å². The second-order valence-electron chi connectivity index (χ2n) is 9.19. The molecule has 0 saturated heterocycles. The fourth-order valence-electron chi connectivity index (χ4n) is 7.21. The molecule has 0 aromatic heterocycles.